The Balaban J connectivity index is 2.67. The molecular weight excluding hydrogens is 304 g/mol. The second-order valence-electron chi connectivity index (χ2n) is 4.79. The van der Waals surface area contributed by atoms with Gasteiger partial charge in [-0.2, -0.15) is 0 Å². The Morgan fingerprint density at radius 1 is 0.913 bits per heavy atom. The van der Waals surface area contributed by atoms with Crippen LogP contribution in [0.1, 0.15) is 11.1 Å². The van der Waals surface area contributed by atoms with Crippen molar-refractivity contribution in [2.24, 2.45) is 0 Å². The molecule has 7 nitrogen and oxygen atoms in total. The number of carboxylic acid groups (broad SMARTS) is 1. The van der Waals surface area contributed by atoms with E-state index < -0.39 is 11.6 Å². The number of methoxy groups -OCH3 is 2. The van der Waals surface area contributed by atoms with Crippen LogP contribution in [-0.4, -0.2) is 40.6 Å². The Morgan fingerprint density at radius 3 is 1.61 bits per heavy atom. The van der Waals surface area contributed by atoms with E-state index in [1.807, 2.05) is 0 Å². The van der Waals surface area contributed by atoms with Gasteiger partial charge in [-0.25, -0.2) is 4.79 Å². The number of carboxylic acids is 1. The standard InChI is InChI=1S/C16H16O7/c1-22-13-7-9(3-5-11(13)17)16(21,15(19)20)10-4-6-12(18)14(8-10)23-2/h3-8,17-18,21H,1-2H3,(H,19,20). The zero-order valence-electron chi connectivity index (χ0n) is 12.5. The monoisotopic (exact) mass is 320 g/mol. The van der Waals surface area contributed by atoms with Crippen LogP contribution >= 0.6 is 0 Å². The molecule has 0 saturated heterocycles. The second kappa shape index (κ2) is 6.05. The van der Waals surface area contributed by atoms with Gasteiger partial charge in [-0.15, -0.1) is 0 Å². The number of hydrogen-bond donors (Lipinski definition) is 4. The minimum absolute atomic E-state index is 0.0209. The third-order valence-corrected chi connectivity index (χ3v) is 3.50. The highest BCUT2D eigenvalue weighted by atomic mass is 16.5. The fourth-order valence-corrected chi connectivity index (χ4v) is 2.22. The maximum absolute atomic E-state index is 11.7. The number of hydrogen-bond acceptors (Lipinski definition) is 6. The lowest BCUT2D eigenvalue weighted by Gasteiger charge is -2.25. The molecule has 0 fully saturated rings. The number of aliphatic carboxylic acids is 1. The molecule has 122 valence electrons. The van der Waals surface area contributed by atoms with Crippen LogP contribution in [0.5, 0.6) is 23.0 Å². The van der Waals surface area contributed by atoms with Gasteiger partial charge in [0.05, 0.1) is 14.2 Å². The number of aromatic hydroxyl groups is 2. The van der Waals surface area contributed by atoms with Crippen molar-refractivity contribution in [2.45, 2.75) is 5.60 Å². The SMILES string of the molecule is COc1cc(C(O)(C(=O)O)c2ccc(O)c(OC)c2)ccc1O. The van der Waals surface area contributed by atoms with E-state index in [-0.39, 0.29) is 34.1 Å². The minimum Gasteiger partial charge on any atom is -0.504 e. The lowest BCUT2D eigenvalue weighted by molar-refractivity contribution is -0.155. The molecule has 7 heteroatoms. The molecule has 2 aromatic carbocycles. The van der Waals surface area contributed by atoms with Gasteiger partial charge in [-0.05, 0) is 24.3 Å². The van der Waals surface area contributed by atoms with Gasteiger partial charge >= 0.3 is 5.97 Å². The van der Waals surface area contributed by atoms with Gasteiger partial charge in [-0.3, -0.25) is 0 Å². The van der Waals surface area contributed by atoms with Gasteiger partial charge in [0.1, 0.15) is 0 Å². The number of phenolic OH excluding ortho intramolecular Hbond substituents is 2. The van der Waals surface area contributed by atoms with Gasteiger partial charge in [-0.1, -0.05) is 12.1 Å². The summed E-state index contributed by atoms with van der Waals surface area (Å²) in [6.07, 6.45) is 0. The topological polar surface area (TPSA) is 116 Å². The third-order valence-electron chi connectivity index (χ3n) is 3.50. The Labute approximate surface area is 132 Å². The van der Waals surface area contributed by atoms with Crippen LogP contribution in [0.4, 0.5) is 0 Å². The summed E-state index contributed by atoms with van der Waals surface area (Å²) in [6.45, 7) is 0. The van der Waals surface area contributed by atoms with Crippen molar-refractivity contribution in [3.63, 3.8) is 0 Å². The van der Waals surface area contributed by atoms with Crippen molar-refractivity contribution < 1.29 is 34.7 Å². The zero-order chi connectivity index (χ0) is 17.2. The molecule has 0 radical (unpaired) electrons. The van der Waals surface area contributed by atoms with Crippen molar-refractivity contribution in [1.82, 2.24) is 0 Å². The zero-order valence-corrected chi connectivity index (χ0v) is 12.5. The van der Waals surface area contributed by atoms with E-state index in [2.05, 4.69) is 0 Å². The minimum atomic E-state index is -2.41. The van der Waals surface area contributed by atoms with E-state index in [1.165, 1.54) is 50.6 Å². The van der Waals surface area contributed by atoms with E-state index >= 15 is 0 Å². The summed E-state index contributed by atoms with van der Waals surface area (Å²) in [5.41, 5.74) is -2.46. The summed E-state index contributed by atoms with van der Waals surface area (Å²) in [5, 5.41) is 39.6. The largest absolute Gasteiger partial charge is 0.504 e. The normalized spacial score (nSPS) is 11.1. The molecule has 23 heavy (non-hydrogen) atoms. The lowest BCUT2D eigenvalue weighted by atomic mass is 9.86. The molecule has 0 amide bonds. The first-order valence-corrected chi connectivity index (χ1v) is 6.55. The average Bonchev–Trinajstić information content (AvgIpc) is 2.54. The predicted octanol–water partition coefficient (Wildman–Crippen LogP) is 1.44. The third kappa shape index (κ3) is 2.74. The van der Waals surface area contributed by atoms with E-state index in [9.17, 15) is 25.2 Å². The number of ether oxygens (including phenoxy) is 2. The molecule has 2 aromatic rings. The molecule has 0 aliphatic heterocycles. The van der Waals surface area contributed by atoms with Crippen LogP contribution in [-0.2, 0) is 10.4 Å². The number of carbonyl (C=O) groups is 1. The molecule has 0 atom stereocenters. The molecule has 0 heterocycles. The van der Waals surface area contributed by atoms with Crippen molar-refractivity contribution in [3.8, 4) is 23.0 Å². The molecule has 0 aliphatic rings. The average molecular weight is 320 g/mol. The highest BCUT2D eigenvalue weighted by Gasteiger charge is 2.41. The van der Waals surface area contributed by atoms with Crippen molar-refractivity contribution in [2.75, 3.05) is 14.2 Å². The van der Waals surface area contributed by atoms with Crippen LogP contribution in [0.25, 0.3) is 0 Å². The number of rotatable bonds is 5. The van der Waals surface area contributed by atoms with Gasteiger partial charge in [0.2, 0.25) is 5.60 Å². The van der Waals surface area contributed by atoms with Gasteiger partial charge in [0, 0.05) is 11.1 Å². The summed E-state index contributed by atoms with van der Waals surface area (Å²) in [6, 6.07) is 7.43. The first-order chi connectivity index (χ1) is 10.8. The molecule has 0 aliphatic carbocycles. The summed E-state index contributed by atoms with van der Waals surface area (Å²) in [5.74, 6) is -1.86. The Bertz CT molecular complexity index is 686. The van der Waals surface area contributed by atoms with E-state index in [1.54, 1.807) is 0 Å². The maximum atomic E-state index is 11.7. The fraction of sp³-hybridized carbons (Fsp3) is 0.188. The van der Waals surface area contributed by atoms with Gasteiger partial charge in [0.25, 0.3) is 0 Å². The summed E-state index contributed by atoms with van der Waals surface area (Å²) >= 11 is 0. The van der Waals surface area contributed by atoms with Gasteiger partial charge < -0.3 is 29.9 Å². The Kier molecular flexibility index (Phi) is 4.33. The Morgan fingerprint density at radius 2 is 1.30 bits per heavy atom. The Hall–Kier alpha value is -2.93. The summed E-state index contributed by atoms with van der Waals surface area (Å²) in [7, 11) is 2.62. The fourth-order valence-electron chi connectivity index (χ4n) is 2.22. The molecule has 0 saturated carbocycles. The smallest absolute Gasteiger partial charge is 0.345 e. The van der Waals surface area contributed by atoms with Crippen LogP contribution in [0.15, 0.2) is 36.4 Å². The molecule has 0 bridgehead atoms. The molecule has 4 N–H and O–H groups in total. The molecule has 0 unspecified atom stereocenters. The molecular formula is C16H16O7. The highest BCUT2D eigenvalue weighted by Crippen LogP contribution is 2.38. The van der Waals surface area contributed by atoms with Gasteiger partial charge in [0.15, 0.2) is 23.0 Å². The molecule has 2 rings (SSSR count). The van der Waals surface area contributed by atoms with E-state index in [0.29, 0.717) is 0 Å². The maximum Gasteiger partial charge on any atom is 0.345 e. The first-order valence-electron chi connectivity index (χ1n) is 6.55. The molecule has 0 aromatic heterocycles. The number of benzene rings is 2. The number of phenols is 2. The van der Waals surface area contributed by atoms with Crippen molar-refractivity contribution in [1.29, 1.82) is 0 Å². The second-order valence-corrected chi connectivity index (χ2v) is 4.79. The van der Waals surface area contributed by atoms with Crippen LogP contribution in [0, 0.1) is 0 Å². The van der Waals surface area contributed by atoms with Crippen LogP contribution in [0.2, 0.25) is 0 Å². The van der Waals surface area contributed by atoms with Crippen molar-refractivity contribution in [3.05, 3.63) is 47.5 Å². The predicted molar refractivity (Wildman–Crippen MR) is 80.0 cm³/mol. The van der Waals surface area contributed by atoms with Crippen LogP contribution in [0.3, 0.4) is 0 Å². The first kappa shape index (κ1) is 16.4. The molecule has 0 spiro atoms. The quantitative estimate of drug-likeness (QED) is 0.658. The van der Waals surface area contributed by atoms with E-state index in [0.717, 1.165) is 0 Å². The number of aliphatic hydroxyl groups is 1. The summed E-state index contributed by atoms with van der Waals surface area (Å²) < 4.78 is 9.88. The highest BCUT2D eigenvalue weighted by molar-refractivity contribution is 5.84. The van der Waals surface area contributed by atoms with Crippen molar-refractivity contribution >= 4 is 5.97 Å². The lowest BCUT2D eigenvalue weighted by Crippen LogP contribution is -2.36. The van der Waals surface area contributed by atoms with E-state index in [4.69, 9.17) is 9.47 Å². The summed E-state index contributed by atoms with van der Waals surface area (Å²) in [4.78, 5) is 11.7. The van der Waals surface area contributed by atoms with Crippen LogP contribution < -0.4 is 9.47 Å².